The molecule has 0 aliphatic carbocycles. The fraction of sp³-hybridized carbons (Fsp3) is 0.135. The SMILES string of the molecule is Cc1cccc(-c2cccc3[cH-]c(C(C)(C)c4cc5c(-c6cccc(C)c6)cccc5[cH-]4)cc23)c1.[CH3-].[CH3-].[Hf+4]. The fourth-order valence-electron chi connectivity index (χ4n) is 5.49. The fourth-order valence-corrected chi connectivity index (χ4v) is 5.49. The summed E-state index contributed by atoms with van der Waals surface area (Å²) in [6, 6.07) is 40.6. The number of benzene rings is 4. The van der Waals surface area contributed by atoms with Gasteiger partial charge in [-0.25, -0.2) is 0 Å². The number of rotatable bonds is 4. The second-order valence-corrected chi connectivity index (χ2v) is 10.5. The molecule has 6 rings (SSSR count). The van der Waals surface area contributed by atoms with Crippen LogP contribution in [-0.4, -0.2) is 0 Å². The molecular formula is C37H36Hf. The van der Waals surface area contributed by atoms with E-state index >= 15 is 0 Å². The van der Waals surface area contributed by atoms with Crippen molar-refractivity contribution in [3.8, 4) is 22.3 Å². The van der Waals surface area contributed by atoms with Crippen LogP contribution in [0.1, 0.15) is 36.1 Å². The standard InChI is InChI=1S/C35H30.2CH3.Hf/c1-23-9-5-11-25(17-23)31-15-7-13-27-19-29(21-33(27)31)35(3,4)30-20-28-14-8-16-32(34(28)22-30)26-12-6-10-24(2)18-26;;;/h5-22H,1-4H3;2*1H3;/q-2;2*-1;+4. The molecule has 0 aromatic heterocycles. The molecule has 0 bridgehead atoms. The Labute approximate surface area is 247 Å². The summed E-state index contributed by atoms with van der Waals surface area (Å²) in [5.41, 5.74) is 10.4. The molecule has 0 radical (unpaired) electrons. The van der Waals surface area contributed by atoms with Crippen LogP contribution < -0.4 is 0 Å². The van der Waals surface area contributed by atoms with Gasteiger partial charge in [-0.15, -0.1) is 69.1 Å². The molecule has 38 heavy (non-hydrogen) atoms. The zero-order chi connectivity index (χ0) is 24.2. The molecule has 0 heterocycles. The molecule has 0 saturated heterocycles. The molecule has 6 aromatic carbocycles. The molecule has 0 spiro atoms. The first-order valence-electron chi connectivity index (χ1n) is 12.4. The van der Waals surface area contributed by atoms with Gasteiger partial charge in [0, 0.05) is 0 Å². The summed E-state index contributed by atoms with van der Waals surface area (Å²) in [6.07, 6.45) is 0. The Morgan fingerprint density at radius 1 is 0.526 bits per heavy atom. The number of hydrogen-bond acceptors (Lipinski definition) is 0. The summed E-state index contributed by atoms with van der Waals surface area (Å²) >= 11 is 0. The third-order valence-corrected chi connectivity index (χ3v) is 7.60. The van der Waals surface area contributed by atoms with Gasteiger partial charge in [0.05, 0.1) is 0 Å². The van der Waals surface area contributed by atoms with Crippen LogP contribution in [-0.2, 0) is 31.3 Å². The number of fused-ring (bicyclic) bond motifs is 2. The van der Waals surface area contributed by atoms with Gasteiger partial charge in [0.15, 0.2) is 0 Å². The molecule has 0 unspecified atom stereocenters. The van der Waals surface area contributed by atoms with Gasteiger partial charge in [-0.3, -0.25) is 0 Å². The molecule has 0 fully saturated rings. The average molecular weight is 659 g/mol. The van der Waals surface area contributed by atoms with Crippen molar-refractivity contribution in [1.82, 2.24) is 0 Å². The maximum Gasteiger partial charge on any atom is 4.00 e. The maximum absolute atomic E-state index is 2.41. The van der Waals surface area contributed by atoms with Crippen LogP contribution >= 0.6 is 0 Å². The van der Waals surface area contributed by atoms with Gasteiger partial charge < -0.3 is 14.9 Å². The van der Waals surface area contributed by atoms with Crippen molar-refractivity contribution in [2.45, 2.75) is 33.1 Å². The third kappa shape index (κ3) is 5.14. The molecule has 0 atom stereocenters. The van der Waals surface area contributed by atoms with E-state index in [1.165, 1.54) is 66.1 Å². The predicted octanol–water partition coefficient (Wildman–Crippen LogP) is 10.6. The first-order chi connectivity index (χ1) is 16.9. The molecular weight excluding hydrogens is 623 g/mol. The largest absolute Gasteiger partial charge is 4.00 e. The molecule has 0 aliphatic rings. The van der Waals surface area contributed by atoms with Gasteiger partial charge in [-0.1, -0.05) is 96.8 Å². The van der Waals surface area contributed by atoms with Crippen molar-refractivity contribution in [3.63, 3.8) is 0 Å². The molecule has 0 amide bonds. The normalized spacial score (nSPS) is 11.1. The zero-order valence-corrected chi connectivity index (χ0v) is 27.0. The van der Waals surface area contributed by atoms with E-state index in [9.17, 15) is 0 Å². The van der Waals surface area contributed by atoms with Crippen molar-refractivity contribution >= 4 is 21.5 Å². The van der Waals surface area contributed by atoms with Crippen molar-refractivity contribution < 1.29 is 25.8 Å². The van der Waals surface area contributed by atoms with E-state index in [4.69, 9.17) is 0 Å². The summed E-state index contributed by atoms with van der Waals surface area (Å²) < 4.78 is 0. The summed E-state index contributed by atoms with van der Waals surface area (Å²) in [6.45, 7) is 9.03. The molecule has 0 aliphatic heterocycles. The molecule has 0 N–H and O–H groups in total. The monoisotopic (exact) mass is 660 g/mol. The van der Waals surface area contributed by atoms with Gasteiger partial charge in [0.2, 0.25) is 0 Å². The van der Waals surface area contributed by atoms with E-state index in [2.05, 4.69) is 137 Å². The minimum absolute atomic E-state index is 0. The quantitative estimate of drug-likeness (QED) is 0.131. The van der Waals surface area contributed by atoms with Crippen LogP contribution in [0.3, 0.4) is 0 Å². The van der Waals surface area contributed by atoms with Gasteiger partial charge in [0.25, 0.3) is 0 Å². The first-order valence-corrected chi connectivity index (χ1v) is 12.4. The van der Waals surface area contributed by atoms with E-state index < -0.39 is 0 Å². The third-order valence-electron chi connectivity index (χ3n) is 7.60. The summed E-state index contributed by atoms with van der Waals surface area (Å²) in [5, 5.41) is 5.28. The molecule has 0 nitrogen and oxygen atoms in total. The summed E-state index contributed by atoms with van der Waals surface area (Å²) in [5.74, 6) is 0. The maximum atomic E-state index is 2.41. The molecule has 0 saturated carbocycles. The minimum Gasteiger partial charge on any atom is -0.358 e. The van der Waals surface area contributed by atoms with Gasteiger partial charge in [0.1, 0.15) is 0 Å². The molecule has 6 aromatic rings. The van der Waals surface area contributed by atoms with Crippen LogP contribution in [0.15, 0.2) is 109 Å². The smallest absolute Gasteiger partial charge is 0.358 e. The van der Waals surface area contributed by atoms with Gasteiger partial charge >= 0.3 is 25.8 Å². The topological polar surface area (TPSA) is 0 Å². The predicted molar refractivity (Wildman–Crippen MR) is 164 cm³/mol. The van der Waals surface area contributed by atoms with E-state index in [1.807, 2.05) is 0 Å². The zero-order valence-electron chi connectivity index (χ0n) is 23.4. The number of hydrogen-bond donors (Lipinski definition) is 0. The van der Waals surface area contributed by atoms with Crippen LogP contribution in [0, 0.1) is 28.7 Å². The minimum atomic E-state index is -0.105. The molecule has 188 valence electrons. The Balaban J connectivity index is 0.00000133. The second kappa shape index (κ2) is 11.4. The first kappa shape index (κ1) is 29.5. The second-order valence-electron chi connectivity index (χ2n) is 10.5. The average Bonchev–Trinajstić information content (AvgIpc) is 3.49. The van der Waals surface area contributed by atoms with E-state index in [-0.39, 0.29) is 46.1 Å². The van der Waals surface area contributed by atoms with Crippen LogP contribution in [0.5, 0.6) is 0 Å². The molecule has 1 heteroatoms. The Kier molecular flexibility index (Phi) is 8.84. The van der Waals surface area contributed by atoms with Crippen molar-refractivity contribution in [2.24, 2.45) is 0 Å². The van der Waals surface area contributed by atoms with Crippen LogP contribution in [0.2, 0.25) is 0 Å². The Morgan fingerprint density at radius 2 is 0.921 bits per heavy atom. The van der Waals surface area contributed by atoms with Gasteiger partial charge in [-0.2, -0.15) is 12.1 Å². The van der Waals surface area contributed by atoms with E-state index in [0.717, 1.165) is 0 Å². The Bertz CT molecular complexity index is 1560. The Hall–Kier alpha value is -3.03. The van der Waals surface area contributed by atoms with Crippen LogP contribution in [0.4, 0.5) is 0 Å². The summed E-state index contributed by atoms with van der Waals surface area (Å²) in [4.78, 5) is 0. The van der Waals surface area contributed by atoms with Gasteiger partial charge in [-0.05, 0) is 30.4 Å². The Morgan fingerprint density at radius 3 is 1.32 bits per heavy atom. The summed E-state index contributed by atoms with van der Waals surface area (Å²) in [7, 11) is 0. The van der Waals surface area contributed by atoms with Crippen molar-refractivity contribution in [3.05, 3.63) is 146 Å². The van der Waals surface area contributed by atoms with Crippen molar-refractivity contribution in [1.29, 1.82) is 0 Å². The number of aryl methyl sites for hydroxylation is 2. The van der Waals surface area contributed by atoms with E-state index in [0.29, 0.717) is 0 Å². The van der Waals surface area contributed by atoms with Crippen LogP contribution in [0.25, 0.3) is 43.8 Å². The van der Waals surface area contributed by atoms with Crippen molar-refractivity contribution in [2.75, 3.05) is 0 Å². The van der Waals surface area contributed by atoms with E-state index in [1.54, 1.807) is 0 Å².